The van der Waals surface area contributed by atoms with Gasteiger partial charge < -0.3 is 10.6 Å². The lowest BCUT2D eigenvalue weighted by Gasteiger charge is -2.34. The van der Waals surface area contributed by atoms with E-state index in [0.29, 0.717) is 22.5 Å². The summed E-state index contributed by atoms with van der Waals surface area (Å²) >= 11 is 3.25. The molecule has 1 fully saturated rings. The first kappa shape index (κ1) is 14.5. The molecule has 2 unspecified atom stereocenters. The predicted octanol–water partition coefficient (Wildman–Crippen LogP) is 2.79. The lowest BCUT2D eigenvalue weighted by Crippen LogP contribution is -2.45. The van der Waals surface area contributed by atoms with Gasteiger partial charge in [0.2, 0.25) is 0 Å². The second-order valence-electron chi connectivity index (χ2n) is 5.14. The Kier molecular flexibility index (Phi) is 4.58. The summed E-state index contributed by atoms with van der Waals surface area (Å²) in [5.41, 5.74) is 6.43. The topological polar surface area (TPSA) is 46.3 Å². The van der Waals surface area contributed by atoms with E-state index in [9.17, 15) is 9.18 Å². The summed E-state index contributed by atoms with van der Waals surface area (Å²) in [4.78, 5) is 14.2. The molecule has 2 rings (SSSR count). The molecule has 1 aliphatic rings. The van der Waals surface area contributed by atoms with E-state index in [1.807, 2.05) is 11.8 Å². The van der Waals surface area contributed by atoms with Crippen LogP contribution in [0.1, 0.15) is 30.1 Å². The summed E-state index contributed by atoms with van der Waals surface area (Å²) < 4.78 is 13.5. The molecule has 1 heterocycles. The Hall–Kier alpha value is -0.940. The average molecular weight is 329 g/mol. The molecule has 2 N–H and O–H groups in total. The van der Waals surface area contributed by atoms with Crippen LogP contribution in [-0.2, 0) is 0 Å². The minimum Gasteiger partial charge on any atom is -0.338 e. The molecule has 5 heteroatoms. The fraction of sp³-hybridized carbons (Fsp3) is 0.500. The molecular weight excluding hydrogens is 311 g/mol. The summed E-state index contributed by atoms with van der Waals surface area (Å²) in [7, 11) is 0. The van der Waals surface area contributed by atoms with Gasteiger partial charge in [-0.1, -0.05) is 0 Å². The van der Waals surface area contributed by atoms with Gasteiger partial charge in [0.25, 0.3) is 5.91 Å². The third kappa shape index (κ3) is 3.34. The first-order valence-corrected chi connectivity index (χ1v) is 7.28. The Labute approximate surface area is 121 Å². The zero-order valence-corrected chi connectivity index (χ0v) is 12.5. The Bertz CT molecular complexity index is 479. The van der Waals surface area contributed by atoms with E-state index >= 15 is 0 Å². The minimum absolute atomic E-state index is 0.0581. The van der Waals surface area contributed by atoms with Gasteiger partial charge in [0, 0.05) is 23.6 Å². The molecule has 2 atom stereocenters. The van der Waals surface area contributed by atoms with Crippen molar-refractivity contribution < 1.29 is 9.18 Å². The molecule has 1 aliphatic heterocycles. The maximum absolute atomic E-state index is 13.0. The highest BCUT2D eigenvalue weighted by atomic mass is 79.9. The van der Waals surface area contributed by atoms with Gasteiger partial charge >= 0.3 is 0 Å². The number of rotatable bonds is 2. The van der Waals surface area contributed by atoms with Crippen LogP contribution in [0.4, 0.5) is 4.39 Å². The standard InChI is InChI=1S/C14H18BrFN2O/c1-9(17)10-3-2-6-18(8-10)14(19)12-5-4-11(16)7-13(12)15/h4-5,7,9-10H,2-3,6,8,17H2,1H3. The first-order chi connectivity index (χ1) is 8.99. The number of halogens is 2. The Morgan fingerprint density at radius 2 is 2.32 bits per heavy atom. The van der Waals surface area contributed by atoms with Crippen LogP contribution in [-0.4, -0.2) is 29.9 Å². The van der Waals surface area contributed by atoms with Crippen molar-refractivity contribution in [1.82, 2.24) is 4.90 Å². The van der Waals surface area contributed by atoms with E-state index in [2.05, 4.69) is 15.9 Å². The zero-order valence-electron chi connectivity index (χ0n) is 10.9. The fourth-order valence-electron chi connectivity index (χ4n) is 2.46. The molecule has 19 heavy (non-hydrogen) atoms. The van der Waals surface area contributed by atoms with Crippen LogP contribution in [0.3, 0.4) is 0 Å². The van der Waals surface area contributed by atoms with Crippen molar-refractivity contribution in [2.24, 2.45) is 11.7 Å². The molecular formula is C14H18BrFN2O. The number of hydrogen-bond donors (Lipinski definition) is 1. The Morgan fingerprint density at radius 1 is 1.58 bits per heavy atom. The molecule has 1 amide bonds. The maximum atomic E-state index is 13.0. The van der Waals surface area contributed by atoms with Gasteiger partial charge in [-0.15, -0.1) is 0 Å². The Balaban J connectivity index is 2.15. The highest BCUT2D eigenvalue weighted by Crippen LogP contribution is 2.24. The molecule has 0 spiro atoms. The van der Waals surface area contributed by atoms with Crippen LogP contribution in [0.15, 0.2) is 22.7 Å². The minimum atomic E-state index is -0.351. The fourth-order valence-corrected chi connectivity index (χ4v) is 2.98. The van der Waals surface area contributed by atoms with E-state index in [1.165, 1.54) is 18.2 Å². The van der Waals surface area contributed by atoms with E-state index in [-0.39, 0.29) is 17.8 Å². The van der Waals surface area contributed by atoms with Gasteiger partial charge in [-0.2, -0.15) is 0 Å². The molecule has 1 aromatic rings. The third-order valence-corrected chi connectivity index (χ3v) is 4.31. The van der Waals surface area contributed by atoms with Crippen molar-refractivity contribution in [3.05, 3.63) is 34.1 Å². The number of carbonyl (C=O) groups excluding carboxylic acids is 1. The van der Waals surface area contributed by atoms with Crippen LogP contribution in [0.25, 0.3) is 0 Å². The summed E-state index contributed by atoms with van der Waals surface area (Å²) in [5, 5.41) is 0. The number of carbonyl (C=O) groups is 1. The Morgan fingerprint density at radius 3 is 2.95 bits per heavy atom. The first-order valence-electron chi connectivity index (χ1n) is 6.49. The molecule has 0 aromatic heterocycles. The average Bonchev–Trinajstić information content (AvgIpc) is 2.38. The van der Waals surface area contributed by atoms with Gasteiger partial charge in [-0.05, 0) is 59.8 Å². The van der Waals surface area contributed by atoms with Crippen LogP contribution in [0.2, 0.25) is 0 Å². The quantitative estimate of drug-likeness (QED) is 0.907. The summed E-state index contributed by atoms with van der Waals surface area (Å²) in [6, 6.07) is 4.25. The zero-order chi connectivity index (χ0) is 14.0. The smallest absolute Gasteiger partial charge is 0.255 e. The van der Waals surface area contributed by atoms with Gasteiger partial charge in [-0.25, -0.2) is 4.39 Å². The number of hydrogen-bond acceptors (Lipinski definition) is 2. The van der Waals surface area contributed by atoms with Gasteiger partial charge in [0.1, 0.15) is 5.82 Å². The highest BCUT2D eigenvalue weighted by molar-refractivity contribution is 9.10. The molecule has 0 radical (unpaired) electrons. The maximum Gasteiger partial charge on any atom is 0.255 e. The number of likely N-dealkylation sites (tertiary alicyclic amines) is 1. The number of amides is 1. The number of piperidine rings is 1. The lowest BCUT2D eigenvalue weighted by molar-refractivity contribution is 0.0660. The largest absolute Gasteiger partial charge is 0.338 e. The van der Waals surface area contributed by atoms with Crippen LogP contribution in [0.5, 0.6) is 0 Å². The molecule has 0 saturated carbocycles. The number of nitrogens with zero attached hydrogens (tertiary/aromatic N) is 1. The summed E-state index contributed by atoms with van der Waals surface area (Å²) in [6.07, 6.45) is 2.03. The van der Waals surface area contributed by atoms with E-state index in [1.54, 1.807) is 0 Å². The second-order valence-corrected chi connectivity index (χ2v) is 5.99. The van der Waals surface area contributed by atoms with Crippen molar-refractivity contribution in [1.29, 1.82) is 0 Å². The van der Waals surface area contributed by atoms with E-state index < -0.39 is 0 Å². The number of benzene rings is 1. The van der Waals surface area contributed by atoms with Crippen molar-refractivity contribution in [3.8, 4) is 0 Å². The van der Waals surface area contributed by atoms with Crippen molar-refractivity contribution in [2.75, 3.05) is 13.1 Å². The SMILES string of the molecule is CC(N)C1CCCN(C(=O)c2ccc(F)cc2Br)C1. The molecule has 1 saturated heterocycles. The molecule has 0 aliphatic carbocycles. The third-order valence-electron chi connectivity index (χ3n) is 3.65. The van der Waals surface area contributed by atoms with E-state index in [0.717, 1.165) is 19.4 Å². The van der Waals surface area contributed by atoms with Crippen molar-refractivity contribution in [2.45, 2.75) is 25.8 Å². The molecule has 3 nitrogen and oxygen atoms in total. The van der Waals surface area contributed by atoms with E-state index in [4.69, 9.17) is 5.73 Å². The monoisotopic (exact) mass is 328 g/mol. The van der Waals surface area contributed by atoms with Crippen molar-refractivity contribution >= 4 is 21.8 Å². The normalized spacial score (nSPS) is 21.3. The van der Waals surface area contributed by atoms with Gasteiger partial charge in [-0.3, -0.25) is 4.79 Å². The molecule has 1 aromatic carbocycles. The van der Waals surface area contributed by atoms with Crippen LogP contribution in [0, 0.1) is 11.7 Å². The highest BCUT2D eigenvalue weighted by Gasteiger charge is 2.27. The summed E-state index contributed by atoms with van der Waals surface area (Å²) in [5.74, 6) is -0.0651. The second kappa shape index (κ2) is 6.01. The van der Waals surface area contributed by atoms with Crippen LogP contribution < -0.4 is 5.73 Å². The number of nitrogens with two attached hydrogens (primary N) is 1. The lowest BCUT2D eigenvalue weighted by atomic mass is 9.92. The van der Waals surface area contributed by atoms with Crippen LogP contribution >= 0.6 is 15.9 Å². The molecule has 104 valence electrons. The molecule has 0 bridgehead atoms. The van der Waals surface area contributed by atoms with Gasteiger partial charge in [0.15, 0.2) is 0 Å². The predicted molar refractivity (Wildman–Crippen MR) is 76.4 cm³/mol. The van der Waals surface area contributed by atoms with Gasteiger partial charge in [0.05, 0.1) is 5.56 Å². The van der Waals surface area contributed by atoms with Crippen molar-refractivity contribution in [3.63, 3.8) is 0 Å². The summed E-state index contributed by atoms with van der Waals surface area (Å²) in [6.45, 7) is 3.40.